The summed E-state index contributed by atoms with van der Waals surface area (Å²) in [7, 11) is 0. The third-order valence-corrected chi connectivity index (χ3v) is 4.28. The predicted octanol–water partition coefficient (Wildman–Crippen LogP) is 5.17. The molecule has 0 saturated carbocycles. The van der Waals surface area contributed by atoms with Crippen LogP contribution in [0.25, 0.3) is 0 Å². The molecule has 0 fully saturated rings. The number of halogens is 2. The smallest absolute Gasteiger partial charge is 0.411 e. The van der Waals surface area contributed by atoms with Gasteiger partial charge in [0.15, 0.2) is 6.04 Å². The first-order valence-electron chi connectivity index (χ1n) is 8.09. The van der Waals surface area contributed by atoms with Crippen LogP contribution >= 0.6 is 23.2 Å². The van der Waals surface area contributed by atoms with Crippen LogP contribution in [0.1, 0.15) is 30.5 Å². The van der Waals surface area contributed by atoms with E-state index in [9.17, 15) is 14.7 Å². The molecule has 0 aliphatic heterocycles. The molecular weight excluding hydrogens is 377 g/mol. The Morgan fingerprint density at radius 3 is 2.46 bits per heavy atom. The molecule has 0 aromatic heterocycles. The average molecular weight is 396 g/mol. The summed E-state index contributed by atoms with van der Waals surface area (Å²) in [5, 5.41) is 10.3. The number of nitrogens with zero attached hydrogens (tertiary/aromatic N) is 1. The SMILES string of the molecule is CCCN(C(=O)OCc1ccccc1)C(C(=O)O)c1cc(Cl)ccc1Cl. The number of hydrogen-bond donors (Lipinski definition) is 1. The van der Waals surface area contributed by atoms with E-state index in [0.717, 1.165) is 10.5 Å². The van der Waals surface area contributed by atoms with Gasteiger partial charge in [-0.3, -0.25) is 4.90 Å². The van der Waals surface area contributed by atoms with E-state index in [0.29, 0.717) is 11.4 Å². The Morgan fingerprint density at radius 1 is 1.15 bits per heavy atom. The van der Waals surface area contributed by atoms with E-state index in [1.807, 2.05) is 37.3 Å². The molecule has 0 heterocycles. The Balaban J connectivity index is 2.27. The Labute approximate surface area is 162 Å². The average Bonchev–Trinajstić information content (AvgIpc) is 2.62. The summed E-state index contributed by atoms with van der Waals surface area (Å²) in [5.74, 6) is -1.21. The number of carboxylic acid groups (broad SMARTS) is 1. The lowest BCUT2D eigenvalue weighted by molar-refractivity contribution is -0.143. The lowest BCUT2D eigenvalue weighted by Gasteiger charge is -2.29. The van der Waals surface area contributed by atoms with Crippen molar-refractivity contribution in [3.8, 4) is 0 Å². The summed E-state index contributed by atoms with van der Waals surface area (Å²) in [6.45, 7) is 2.10. The minimum Gasteiger partial charge on any atom is -0.479 e. The number of amides is 1. The van der Waals surface area contributed by atoms with Gasteiger partial charge in [0.1, 0.15) is 6.61 Å². The molecule has 1 N–H and O–H groups in total. The molecule has 2 rings (SSSR count). The molecule has 26 heavy (non-hydrogen) atoms. The molecule has 2 aromatic rings. The number of carboxylic acids is 1. The standard InChI is InChI=1S/C19H19Cl2NO4/c1-2-10-22(19(25)26-12-13-6-4-3-5-7-13)17(18(23)24)15-11-14(20)8-9-16(15)21/h3-9,11,17H,2,10,12H2,1H3,(H,23,24). The van der Waals surface area contributed by atoms with Gasteiger partial charge in [0.05, 0.1) is 0 Å². The first-order valence-corrected chi connectivity index (χ1v) is 8.84. The van der Waals surface area contributed by atoms with Crippen molar-refractivity contribution in [2.75, 3.05) is 6.54 Å². The van der Waals surface area contributed by atoms with Crippen molar-refractivity contribution in [3.63, 3.8) is 0 Å². The molecule has 7 heteroatoms. The summed E-state index contributed by atoms with van der Waals surface area (Å²) in [5.41, 5.74) is 1.06. The van der Waals surface area contributed by atoms with Crippen molar-refractivity contribution in [2.24, 2.45) is 0 Å². The van der Waals surface area contributed by atoms with Gasteiger partial charge in [-0.2, -0.15) is 0 Å². The number of hydrogen-bond acceptors (Lipinski definition) is 3. The van der Waals surface area contributed by atoms with Gasteiger partial charge in [-0.1, -0.05) is 60.5 Å². The van der Waals surface area contributed by atoms with Gasteiger partial charge in [0.25, 0.3) is 0 Å². The van der Waals surface area contributed by atoms with Gasteiger partial charge in [-0.25, -0.2) is 9.59 Å². The Bertz CT molecular complexity index is 767. The molecule has 5 nitrogen and oxygen atoms in total. The maximum absolute atomic E-state index is 12.6. The lowest BCUT2D eigenvalue weighted by Crippen LogP contribution is -2.40. The summed E-state index contributed by atoms with van der Waals surface area (Å²) < 4.78 is 5.31. The molecule has 0 saturated heterocycles. The fourth-order valence-corrected chi connectivity index (χ4v) is 2.93. The van der Waals surface area contributed by atoms with Crippen LogP contribution in [-0.2, 0) is 16.1 Å². The molecule has 0 aliphatic carbocycles. The van der Waals surface area contributed by atoms with Crippen LogP contribution in [0.4, 0.5) is 4.79 Å². The lowest BCUT2D eigenvalue weighted by atomic mass is 10.1. The van der Waals surface area contributed by atoms with Crippen LogP contribution in [-0.4, -0.2) is 28.6 Å². The van der Waals surface area contributed by atoms with E-state index in [2.05, 4.69) is 0 Å². The zero-order valence-corrected chi connectivity index (χ0v) is 15.7. The van der Waals surface area contributed by atoms with Crippen molar-refractivity contribution in [2.45, 2.75) is 26.0 Å². The fraction of sp³-hybridized carbons (Fsp3) is 0.263. The number of ether oxygens (including phenoxy) is 1. The zero-order valence-electron chi connectivity index (χ0n) is 14.2. The summed E-state index contributed by atoms with van der Waals surface area (Å²) in [6, 6.07) is 12.4. The Kier molecular flexibility index (Phi) is 7.30. The van der Waals surface area contributed by atoms with Crippen molar-refractivity contribution in [3.05, 3.63) is 69.7 Å². The molecule has 2 aromatic carbocycles. The van der Waals surface area contributed by atoms with Crippen LogP contribution in [0.2, 0.25) is 10.0 Å². The monoisotopic (exact) mass is 395 g/mol. The molecule has 0 spiro atoms. The normalized spacial score (nSPS) is 11.7. The van der Waals surface area contributed by atoms with Gasteiger partial charge in [-0.05, 0) is 30.2 Å². The number of carbonyl (C=O) groups excluding carboxylic acids is 1. The Morgan fingerprint density at radius 2 is 1.85 bits per heavy atom. The second-order valence-corrected chi connectivity index (χ2v) is 6.48. The minimum absolute atomic E-state index is 0.0511. The first-order chi connectivity index (χ1) is 12.4. The highest BCUT2D eigenvalue weighted by Crippen LogP contribution is 2.31. The second kappa shape index (κ2) is 9.46. The van der Waals surface area contributed by atoms with E-state index in [1.54, 1.807) is 6.07 Å². The second-order valence-electron chi connectivity index (χ2n) is 5.64. The molecular formula is C19H19Cl2NO4. The summed E-state index contributed by atoms with van der Waals surface area (Å²) in [6.07, 6.45) is -0.165. The quantitative estimate of drug-likeness (QED) is 0.701. The van der Waals surface area contributed by atoms with E-state index in [-0.39, 0.29) is 23.7 Å². The number of carbonyl (C=O) groups is 2. The fourth-order valence-electron chi connectivity index (χ4n) is 2.53. The number of aliphatic carboxylic acids is 1. The number of rotatable bonds is 7. The third-order valence-electron chi connectivity index (χ3n) is 3.70. The maximum atomic E-state index is 12.6. The van der Waals surface area contributed by atoms with Crippen LogP contribution in [0.5, 0.6) is 0 Å². The van der Waals surface area contributed by atoms with Crippen molar-refractivity contribution >= 4 is 35.3 Å². The van der Waals surface area contributed by atoms with E-state index < -0.39 is 18.1 Å². The van der Waals surface area contributed by atoms with Crippen molar-refractivity contribution < 1.29 is 19.4 Å². The molecule has 0 radical (unpaired) electrons. The van der Waals surface area contributed by atoms with Crippen LogP contribution in [0, 0.1) is 0 Å². The van der Waals surface area contributed by atoms with Crippen LogP contribution in [0.3, 0.4) is 0 Å². The van der Waals surface area contributed by atoms with E-state index in [4.69, 9.17) is 27.9 Å². The van der Waals surface area contributed by atoms with Crippen molar-refractivity contribution in [1.82, 2.24) is 4.90 Å². The van der Waals surface area contributed by atoms with Gasteiger partial charge < -0.3 is 9.84 Å². The van der Waals surface area contributed by atoms with E-state index in [1.165, 1.54) is 12.1 Å². The first kappa shape index (κ1) is 20.1. The van der Waals surface area contributed by atoms with Gasteiger partial charge >= 0.3 is 12.1 Å². The Hall–Kier alpha value is -2.24. The van der Waals surface area contributed by atoms with Gasteiger partial charge in [0, 0.05) is 22.2 Å². The molecule has 138 valence electrons. The van der Waals surface area contributed by atoms with Crippen molar-refractivity contribution in [1.29, 1.82) is 0 Å². The minimum atomic E-state index is -1.29. The maximum Gasteiger partial charge on any atom is 0.411 e. The van der Waals surface area contributed by atoms with Gasteiger partial charge in [-0.15, -0.1) is 0 Å². The van der Waals surface area contributed by atoms with E-state index >= 15 is 0 Å². The summed E-state index contributed by atoms with van der Waals surface area (Å²) in [4.78, 5) is 25.6. The number of benzene rings is 2. The van der Waals surface area contributed by atoms with Crippen LogP contribution in [0.15, 0.2) is 48.5 Å². The molecule has 1 atom stereocenters. The molecule has 0 bridgehead atoms. The zero-order chi connectivity index (χ0) is 19.1. The van der Waals surface area contributed by atoms with Crippen LogP contribution < -0.4 is 0 Å². The highest BCUT2D eigenvalue weighted by atomic mass is 35.5. The molecule has 0 aliphatic rings. The largest absolute Gasteiger partial charge is 0.479 e. The third kappa shape index (κ3) is 5.13. The molecule has 1 unspecified atom stereocenters. The highest BCUT2D eigenvalue weighted by Gasteiger charge is 2.33. The highest BCUT2D eigenvalue weighted by molar-refractivity contribution is 6.33. The van der Waals surface area contributed by atoms with Gasteiger partial charge in [0.2, 0.25) is 0 Å². The molecule has 1 amide bonds. The predicted molar refractivity (Wildman–Crippen MR) is 100 cm³/mol. The topological polar surface area (TPSA) is 66.8 Å². The summed E-state index contributed by atoms with van der Waals surface area (Å²) >= 11 is 12.1.